The third-order valence-electron chi connectivity index (χ3n) is 6.06. The van der Waals surface area contributed by atoms with E-state index >= 15 is 0 Å². The largest absolute Gasteiger partial charge is 0.493 e. The summed E-state index contributed by atoms with van der Waals surface area (Å²) in [5, 5.41) is 0. The van der Waals surface area contributed by atoms with Gasteiger partial charge in [0.2, 0.25) is 5.91 Å². The van der Waals surface area contributed by atoms with Gasteiger partial charge in [-0.05, 0) is 55.5 Å². The monoisotopic (exact) mass is 452 g/mol. The standard InChI is InChI=1S/C24H28N4O5/c1-32-19-9-8-17(15-20(19)33-2)10-14-27-23(30)22-18(7-6-11-25-22)28(24(27)31)16-21(29)26-12-4-3-5-13-26/h6-9,11,15H,3-5,10,12-14,16H2,1-2H3. The lowest BCUT2D eigenvalue weighted by Gasteiger charge is -2.27. The number of carbonyl (C=O) groups excluding carboxylic acids is 1. The molecular weight excluding hydrogens is 424 g/mol. The van der Waals surface area contributed by atoms with Crippen molar-refractivity contribution in [2.75, 3.05) is 27.3 Å². The van der Waals surface area contributed by atoms with Gasteiger partial charge in [0, 0.05) is 25.8 Å². The summed E-state index contributed by atoms with van der Waals surface area (Å²) in [6.45, 7) is 1.43. The van der Waals surface area contributed by atoms with Gasteiger partial charge in [0.1, 0.15) is 6.54 Å². The number of carbonyl (C=O) groups is 1. The lowest BCUT2D eigenvalue weighted by molar-refractivity contribution is -0.132. The van der Waals surface area contributed by atoms with E-state index in [9.17, 15) is 14.4 Å². The molecule has 174 valence electrons. The van der Waals surface area contributed by atoms with E-state index < -0.39 is 11.2 Å². The number of rotatable bonds is 7. The van der Waals surface area contributed by atoms with Crippen molar-refractivity contribution in [2.24, 2.45) is 0 Å². The average molecular weight is 453 g/mol. The van der Waals surface area contributed by atoms with E-state index in [0.717, 1.165) is 29.4 Å². The Kier molecular flexibility index (Phi) is 6.76. The van der Waals surface area contributed by atoms with Gasteiger partial charge in [-0.1, -0.05) is 6.07 Å². The van der Waals surface area contributed by atoms with Crippen molar-refractivity contribution in [3.8, 4) is 11.5 Å². The van der Waals surface area contributed by atoms with Gasteiger partial charge in [-0.15, -0.1) is 0 Å². The molecule has 33 heavy (non-hydrogen) atoms. The normalized spacial score (nSPS) is 13.8. The number of benzene rings is 1. The number of methoxy groups -OCH3 is 2. The summed E-state index contributed by atoms with van der Waals surface area (Å²) in [5.74, 6) is 1.06. The van der Waals surface area contributed by atoms with Crippen LogP contribution < -0.4 is 20.7 Å². The third-order valence-corrected chi connectivity index (χ3v) is 6.06. The smallest absolute Gasteiger partial charge is 0.332 e. The molecular formula is C24H28N4O5. The minimum Gasteiger partial charge on any atom is -0.493 e. The Bertz CT molecular complexity index is 1270. The number of aromatic nitrogens is 3. The fourth-order valence-electron chi connectivity index (χ4n) is 4.25. The molecule has 9 nitrogen and oxygen atoms in total. The van der Waals surface area contributed by atoms with Gasteiger partial charge in [-0.25, -0.2) is 9.78 Å². The topological polar surface area (TPSA) is 95.7 Å². The Labute approximate surface area is 191 Å². The summed E-state index contributed by atoms with van der Waals surface area (Å²) >= 11 is 0. The molecule has 1 saturated heterocycles. The first-order valence-electron chi connectivity index (χ1n) is 11.1. The molecule has 2 aromatic heterocycles. The van der Waals surface area contributed by atoms with Crippen LogP contribution in [0.4, 0.5) is 0 Å². The molecule has 1 amide bonds. The molecule has 0 atom stereocenters. The lowest BCUT2D eigenvalue weighted by Crippen LogP contribution is -2.45. The van der Waals surface area contributed by atoms with Crippen LogP contribution in [0.3, 0.4) is 0 Å². The Morgan fingerprint density at radius 1 is 1.00 bits per heavy atom. The number of nitrogens with zero attached hydrogens (tertiary/aromatic N) is 4. The maximum Gasteiger partial charge on any atom is 0.332 e. The number of likely N-dealkylation sites (tertiary alicyclic amines) is 1. The molecule has 0 saturated carbocycles. The van der Waals surface area contributed by atoms with Crippen molar-refractivity contribution in [3.63, 3.8) is 0 Å². The number of amides is 1. The van der Waals surface area contributed by atoms with Crippen molar-refractivity contribution >= 4 is 16.9 Å². The van der Waals surface area contributed by atoms with Crippen molar-refractivity contribution in [1.82, 2.24) is 19.0 Å². The van der Waals surface area contributed by atoms with Crippen LogP contribution in [0.15, 0.2) is 46.1 Å². The van der Waals surface area contributed by atoms with Crippen LogP contribution in [0.5, 0.6) is 11.5 Å². The average Bonchev–Trinajstić information content (AvgIpc) is 2.86. The maximum absolute atomic E-state index is 13.3. The Balaban J connectivity index is 1.68. The molecule has 1 aliphatic rings. The van der Waals surface area contributed by atoms with Crippen LogP contribution in [0.2, 0.25) is 0 Å². The molecule has 0 N–H and O–H groups in total. The second-order valence-corrected chi connectivity index (χ2v) is 8.08. The van der Waals surface area contributed by atoms with Crippen molar-refractivity contribution in [2.45, 2.75) is 38.8 Å². The highest BCUT2D eigenvalue weighted by Crippen LogP contribution is 2.27. The van der Waals surface area contributed by atoms with E-state index in [2.05, 4.69) is 4.98 Å². The maximum atomic E-state index is 13.3. The molecule has 0 radical (unpaired) electrons. The summed E-state index contributed by atoms with van der Waals surface area (Å²) in [7, 11) is 3.12. The van der Waals surface area contributed by atoms with Gasteiger partial charge < -0.3 is 14.4 Å². The number of hydrogen-bond acceptors (Lipinski definition) is 6. The van der Waals surface area contributed by atoms with Crippen LogP contribution in [0.1, 0.15) is 24.8 Å². The first-order valence-corrected chi connectivity index (χ1v) is 11.1. The number of ether oxygens (including phenoxy) is 2. The quantitative estimate of drug-likeness (QED) is 0.543. The predicted octanol–water partition coefficient (Wildman–Crippen LogP) is 1.83. The van der Waals surface area contributed by atoms with Crippen LogP contribution in [0.25, 0.3) is 11.0 Å². The first kappa shape index (κ1) is 22.6. The molecule has 3 aromatic rings. The Morgan fingerprint density at radius 2 is 1.76 bits per heavy atom. The molecule has 1 aliphatic heterocycles. The minimum absolute atomic E-state index is 0.113. The van der Waals surface area contributed by atoms with E-state index in [4.69, 9.17) is 9.47 Å². The number of fused-ring (bicyclic) bond motifs is 1. The van der Waals surface area contributed by atoms with E-state index in [1.54, 1.807) is 37.3 Å². The molecule has 1 aromatic carbocycles. The lowest BCUT2D eigenvalue weighted by atomic mass is 10.1. The third kappa shape index (κ3) is 4.62. The van der Waals surface area contributed by atoms with Gasteiger partial charge in [0.25, 0.3) is 5.56 Å². The van der Waals surface area contributed by atoms with Crippen LogP contribution in [-0.2, 0) is 24.3 Å². The Morgan fingerprint density at radius 3 is 2.48 bits per heavy atom. The van der Waals surface area contributed by atoms with E-state index in [1.165, 1.54) is 10.8 Å². The second-order valence-electron chi connectivity index (χ2n) is 8.08. The number of piperidine rings is 1. The first-order chi connectivity index (χ1) is 16.0. The summed E-state index contributed by atoms with van der Waals surface area (Å²) in [5.41, 5.74) is 0.469. The molecule has 4 rings (SSSR count). The van der Waals surface area contributed by atoms with Crippen LogP contribution in [0, 0.1) is 0 Å². The zero-order valence-electron chi connectivity index (χ0n) is 19.0. The van der Waals surface area contributed by atoms with Gasteiger partial charge in [-0.3, -0.25) is 18.7 Å². The summed E-state index contributed by atoms with van der Waals surface area (Å²) in [4.78, 5) is 45.3. The zero-order chi connectivity index (χ0) is 23.4. The van der Waals surface area contributed by atoms with Crippen LogP contribution in [-0.4, -0.2) is 52.2 Å². The minimum atomic E-state index is -0.508. The van der Waals surface area contributed by atoms with Gasteiger partial charge >= 0.3 is 5.69 Å². The fourth-order valence-corrected chi connectivity index (χ4v) is 4.25. The molecule has 0 bridgehead atoms. The van der Waals surface area contributed by atoms with Crippen LogP contribution >= 0.6 is 0 Å². The Hall–Kier alpha value is -3.62. The summed E-state index contributed by atoms with van der Waals surface area (Å²) in [6, 6.07) is 8.80. The van der Waals surface area contributed by atoms with E-state index in [0.29, 0.717) is 36.5 Å². The summed E-state index contributed by atoms with van der Waals surface area (Å²) in [6.07, 6.45) is 4.98. The highest BCUT2D eigenvalue weighted by atomic mass is 16.5. The molecule has 1 fully saturated rings. The van der Waals surface area contributed by atoms with E-state index in [1.807, 2.05) is 12.1 Å². The van der Waals surface area contributed by atoms with Gasteiger partial charge in [-0.2, -0.15) is 0 Å². The van der Waals surface area contributed by atoms with Crippen molar-refractivity contribution < 1.29 is 14.3 Å². The molecule has 9 heteroatoms. The highest BCUT2D eigenvalue weighted by molar-refractivity contribution is 5.79. The summed E-state index contributed by atoms with van der Waals surface area (Å²) < 4.78 is 13.1. The number of hydrogen-bond donors (Lipinski definition) is 0. The van der Waals surface area contributed by atoms with Gasteiger partial charge in [0.15, 0.2) is 17.0 Å². The SMILES string of the molecule is COc1ccc(CCn2c(=O)c3ncccc3n(CC(=O)N3CCCCC3)c2=O)cc1OC. The molecule has 0 unspecified atom stereocenters. The predicted molar refractivity (Wildman–Crippen MR) is 124 cm³/mol. The highest BCUT2D eigenvalue weighted by Gasteiger charge is 2.21. The number of aryl methyl sites for hydroxylation is 1. The van der Waals surface area contributed by atoms with E-state index in [-0.39, 0.29) is 24.5 Å². The van der Waals surface area contributed by atoms with Gasteiger partial charge in [0.05, 0.1) is 19.7 Å². The number of pyridine rings is 1. The van der Waals surface area contributed by atoms with Crippen molar-refractivity contribution in [1.29, 1.82) is 0 Å². The zero-order valence-corrected chi connectivity index (χ0v) is 19.0. The molecule has 0 spiro atoms. The molecule has 3 heterocycles. The molecule has 0 aliphatic carbocycles. The fraction of sp³-hybridized carbons (Fsp3) is 0.417. The second kappa shape index (κ2) is 9.89. The van der Waals surface area contributed by atoms with Crippen molar-refractivity contribution in [3.05, 3.63) is 62.9 Å².